The summed E-state index contributed by atoms with van der Waals surface area (Å²) in [6.07, 6.45) is 0.212. The van der Waals surface area contributed by atoms with Gasteiger partial charge < -0.3 is 14.7 Å². The summed E-state index contributed by atoms with van der Waals surface area (Å²) in [6.45, 7) is 8.84. The molecule has 13 heteroatoms. The summed E-state index contributed by atoms with van der Waals surface area (Å²) in [5, 5.41) is 12.3. The Morgan fingerprint density at radius 2 is 1.52 bits per heavy atom. The fourth-order valence-corrected chi connectivity index (χ4v) is 6.40. The van der Waals surface area contributed by atoms with E-state index in [2.05, 4.69) is 36.9 Å². The van der Waals surface area contributed by atoms with E-state index in [1.165, 1.54) is 23.3 Å². The maximum absolute atomic E-state index is 13.0. The molecule has 0 saturated carbocycles. The Hall–Kier alpha value is -3.16. The van der Waals surface area contributed by atoms with E-state index in [1.807, 2.05) is 4.90 Å². The first-order chi connectivity index (χ1) is 19.5. The number of alkyl halides is 3. The van der Waals surface area contributed by atoms with Crippen molar-refractivity contribution in [2.24, 2.45) is 10.6 Å². The lowest BCUT2D eigenvalue weighted by Gasteiger charge is -2.47. The minimum absolute atomic E-state index is 0.0224. The van der Waals surface area contributed by atoms with Crippen LogP contribution in [-0.4, -0.2) is 73.2 Å². The third-order valence-electron chi connectivity index (χ3n) is 8.27. The number of carbonyl (C=O) groups is 2. The van der Waals surface area contributed by atoms with Gasteiger partial charge >= 0.3 is 12.1 Å². The second-order valence-corrected chi connectivity index (χ2v) is 13.4. The molecule has 3 aliphatic heterocycles. The number of piperidine rings is 2. The number of nitrogens with two attached hydrogens (primary N) is 1. The molecule has 0 aromatic heterocycles. The number of sulfonamides is 1. The molecular formula is C29H36F3N3O6S. The molecule has 3 aliphatic rings. The van der Waals surface area contributed by atoms with Crippen LogP contribution in [0.3, 0.4) is 0 Å². The minimum atomic E-state index is -5.08. The summed E-state index contributed by atoms with van der Waals surface area (Å²) in [6, 6.07) is 12.4. The number of fused-ring (bicyclic) bond motifs is 1. The van der Waals surface area contributed by atoms with Crippen LogP contribution in [0, 0.1) is 5.41 Å². The number of likely N-dealkylation sites (tertiary alicyclic amines) is 2. The Bertz CT molecular complexity index is 1410. The van der Waals surface area contributed by atoms with Crippen molar-refractivity contribution in [3.63, 3.8) is 0 Å². The predicted molar refractivity (Wildman–Crippen MR) is 148 cm³/mol. The van der Waals surface area contributed by atoms with Crippen molar-refractivity contribution in [2.45, 2.75) is 69.2 Å². The lowest BCUT2D eigenvalue weighted by atomic mass is 9.71. The van der Waals surface area contributed by atoms with Gasteiger partial charge in [-0.2, -0.15) is 13.2 Å². The Morgan fingerprint density at radius 3 is 2.05 bits per heavy atom. The Kier molecular flexibility index (Phi) is 8.96. The Morgan fingerprint density at radius 1 is 0.976 bits per heavy atom. The molecule has 0 unspecified atom stereocenters. The fourth-order valence-electron chi connectivity index (χ4n) is 5.88. The van der Waals surface area contributed by atoms with Crippen LogP contribution in [0.15, 0.2) is 47.4 Å². The molecule has 3 heterocycles. The zero-order chi connectivity index (χ0) is 30.9. The molecule has 2 aromatic carbocycles. The van der Waals surface area contributed by atoms with E-state index < -0.39 is 22.2 Å². The molecule has 230 valence electrons. The molecule has 0 radical (unpaired) electrons. The molecular weight excluding hydrogens is 575 g/mol. The second-order valence-electron chi connectivity index (χ2n) is 11.9. The maximum Gasteiger partial charge on any atom is 0.490 e. The maximum atomic E-state index is 13.0. The molecule has 2 fully saturated rings. The van der Waals surface area contributed by atoms with E-state index >= 15 is 0 Å². The zero-order valence-electron chi connectivity index (χ0n) is 23.6. The molecule has 9 nitrogen and oxygen atoms in total. The minimum Gasteiger partial charge on any atom is -0.487 e. The molecule has 2 aromatic rings. The summed E-state index contributed by atoms with van der Waals surface area (Å²) in [5.74, 6) is -1.71. The molecule has 5 rings (SSSR count). The van der Waals surface area contributed by atoms with Crippen LogP contribution in [0.4, 0.5) is 13.2 Å². The number of carboxylic acids is 1. The van der Waals surface area contributed by atoms with Gasteiger partial charge in [0, 0.05) is 37.2 Å². The highest BCUT2D eigenvalue weighted by atomic mass is 32.2. The normalized spacial score (nSPS) is 19.8. The predicted octanol–water partition coefficient (Wildman–Crippen LogP) is 4.20. The van der Waals surface area contributed by atoms with Gasteiger partial charge in [-0.25, -0.2) is 18.4 Å². The third kappa shape index (κ3) is 7.61. The SMILES string of the molecule is CC1(C)Cc2cccc(CN3CCC4(CC3)CCN(C(=O)c3ccc(S(N)(=O)=O)cc3)CC4)c2O1.O=C(O)C(F)(F)F. The highest BCUT2D eigenvalue weighted by Crippen LogP contribution is 2.43. The standard InChI is InChI=1S/C27H35N3O4S.C2HF3O2/c1-26(2)18-21-4-3-5-22(24(21)34-26)19-29-14-10-27(11-15-29)12-16-30(17-13-27)25(31)20-6-8-23(9-7-20)35(28,32)33;3-2(4,5)1(6)7/h3-9H,10-19H2,1-2H3,(H2,28,32,33);(H,6,7). The molecule has 0 bridgehead atoms. The van der Waals surface area contributed by atoms with Crippen LogP contribution < -0.4 is 9.88 Å². The van der Waals surface area contributed by atoms with Gasteiger partial charge in [-0.1, -0.05) is 18.2 Å². The molecule has 0 atom stereocenters. The van der Waals surface area contributed by atoms with Gasteiger partial charge in [0.05, 0.1) is 4.90 Å². The van der Waals surface area contributed by atoms with Gasteiger partial charge in [0.15, 0.2) is 0 Å². The highest BCUT2D eigenvalue weighted by Gasteiger charge is 2.40. The van der Waals surface area contributed by atoms with Crippen molar-refractivity contribution >= 4 is 21.9 Å². The van der Waals surface area contributed by atoms with Gasteiger partial charge in [0.25, 0.3) is 5.91 Å². The Balaban J connectivity index is 0.000000517. The van der Waals surface area contributed by atoms with Crippen molar-refractivity contribution in [3.8, 4) is 5.75 Å². The average Bonchev–Trinajstić information content (AvgIpc) is 3.24. The summed E-state index contributed by atoms with van der Waals surface area (Å²) in [7, 11) is -3.76. The van der Waals surface area contributed by atoms with E-state index in [1.54, 1.807) is 12.1 Å². The second kappa shape index (κ2) is 11.8. The Labute approximate surface area is 243 Å². The number of rotatable bonds is 4. The average molecular weight is 612 g/mol. The number of ether oxygens (including phenoxy) is 1. The smallest absolute Gasteiger partial charge is 0.487 e. The highest BCUT2D eigenvalue weighted by molar-refractivity contribution is 7.89. The summed E-state index contributed by atoms with van der Waals surface area (Å²) >= 11 is 0. The van der Waals surface area contributed by atoms with Crippen LogP contribution in [0.25, 0.3) is 0 Å². The lowest BCUT2D eigenvalue weighted by Crippen LogP contribution is -2.48. The molecule has 42 heavy (non-hydrogen) atoms. The molecule has 1 spiro atoms. The summed E-state index contributed by atoms with van der Waals surface area (Å²) < 4.78 is 60.9. The number of para-hydroxylation sites is 1. The van der Waals surface area contributed by atoms with Crippen LogP contribution in [-0.2, 0) is 27.8 Å². The van der Waals surface area contributed by atoms with Gasteiger partial charge in [-0.15, -0.1) is 0 Å². The number of carbonyl (C=O) groups excluding carboxylic acids is 1. The van der Waals surface area contributed by atoms with Gasteiger partial charge in [0.2, 0.25) is 10.0 Å². The van der Waals surface area contributed by atoms with E-state index in [-0.39, 0.29) is 16.4 Å². The topological polar surface area (TPSA) is 130 Å². The van der Waals surface area contributed by atoms with Crippen LogP contribution >= 0.6 is 0 Å². The number of amides is 1. The monoisotopic (exact) mass is 611 g/mol. The van der Waals surface area contributed by atoms with Gasteiger partial charge in [-0.3, -0.25) is 9.69 Å². The number of carboxylic acid groups (broad SMARTS) is 1. The van der Waals surface area contributed by atoms with E-state index in [9.17, 15) is 26.4 Å². The quantitative estimate of drug-likeness (QED) is 0.530. The largest absolute Gasteiger partial charge is 0.490 e. The number of aliphatic carboxylic acids is 1. The van der Waals surface area contributed by atoms with E-state index in [0.717, 1.165) is 70.6 Å². The van der Waals surface area contributed by atoms with Crippen molar-refractivity contribution in [1.82, 2.24) is 9.80 Å². The van der Waals surface area contributed by atoms with Crippen LogP contribution in [0.5, 0.6) is 5.75 Å². The molecule has 1 amide bonds. The number of halogens is 3. The van der Waals surface area contributed by atoms with Crippen LogP contribution in [0.2, 0.25) is 0 Å². The van der Waals surface area contributed by atoms with Crippen molar-refractivity contribution in [3.05, 3.63) is 59.2 Å². The first-order valence-electron chi connectivity index (χ1n) is 13.7. The first kappa shape index (κ1) is 31.8. The van der Waals surface area contributed by atoms with Gasteiger partial charge in [0.1, 0.15) is 11.4 Å². The molecule has 0 aliphatic carbocycles. The number of hydrogen-bond donors (Lipinski definition) is 2. The first-order valence-corrected chi connectivity index (χ1v) is 15.3. The summed E-state index contributed by atoms with van der Waals surface area (Å²) in [5.41, 5.74) is 3.29. The molecule has 3 N–H and O–H groups in total. The molecule has 2 saturated heterocycles. The lowest BCUT2D eigenvalue weighted by molar-refractivity contribution is -0.192. The van der Waals surface area contributed by atoms with Crippen molar-refractivity contribution in [1.29, 1.82) is 0 Å². The zero-order valence-corrected chi connectivity index (χ0v) is 24.4. The van der Waals surface area contributed by atoms with E-state index in [4.69, 9.17) is 19.8 Å². The van der Waals surface area contributed by atoms with Crippen LogP contribution in [0.1, 0.15) is 61.0 Å². The number of nitrogens with zero attached hydrogens (tertiary/aromatic N) is 2. The number of primary sulfonamides is 1. The number of hydrogen-bond acceptors (Lipinski definition) is 6. The summed E-state index contributed by atoms with van der Waals surface area (Å²) in [4.78, 5) is 26.3. The van der Waals surface area contributed by atoms with Crippen molar-refractivity contribution in [2.75, 3.05) is 26.2 Å². The fraction of sp³-hybridized carbons (Fsp3) is 0.517. The number of benzene rings is 2. The van der Waals surface area contributed by atoms with E-state index in [0.29, 0.717) is 11.0 Å². The van der Waals surface area contributed by atoms with Crippen molar-refractivity contribution < 1.29 is 41.0 Å². The third-order valence-corrected chi connectivity index (χ3v) is 9.20. The van der Waals surface area contributed by atoms with Gasteiger partial charge in [-0.05, 0) is 87.9 Å².